The summed E-state index contributed by atoms with van der Waals surface area (Å²) in [4.78, 5) is 2.29. The van der Waals surface area contributed by atoms with Gasteiger partial charge in [0.2, 0.25) is 0 Å². The Labute approximate surface area is 123 Å². The number of nitrogens with zero attached hydrogens (tertiary/aromatic N) is 1. The van der Waals surface area contributed by atoms with Crippen LogP contribution in [-0.2, 0) is 0 Å². The van der Waals surface area contributed by atoms with Gasteiger partial charge in [-0.05, 0) is 36.4 Å². The first-order valence-corrected chi connectivity index (χ1v) is 7.06. The summed E-state index contributed by atoms with van der Waals surface area (Å²) in [6.45, 7) is 3.08. The summed E-state index contributed by atoms with van der Waals surface area (Å²) in [6.07, 6.45) is 0. The second kappa shape index (κ2) is 6.06. The van der Waals surface area contributed by atoms with Gasteiger partial charge in [0.05, 0.1) is 18.8 Å². The van der Waals surface area contributed by atoms with E-state index < -0.39 is 0 Å². The smallest absolute Gasteiger partial charge is 0.142 e. The lowest BCUT2D eigenvalue weighted by atomic mass is 10.2. The highest BCUT2D eigenvalue weighted by Gasteiger charge is 2.16. The van der Waals surface area contributed by atoms with Gasteiger partial charge in [-0.25, -0.2) is 0 Å². The molecule has 0 unspecified atom stereocenters. The van der Waals surface area contributed by atoms with E-state index in [-0.39, 0.29) is 0 Å². The number of rotatable bonds is 4. The van der Waals surface area contributed by atoms with Crippen molar-refractivity contribution in [2.45, 2.75) is 0 Å². The average molecular weight is 290 g/mol. The normalized spacial score (nSPS) is 13.6. The maximum Gasteiger partial charge on any atom is 0.142 e. The van der Waals surface area contributed by atoms with Gasteiger partial charge in [0.15, 0.2) is 0 Å². The van der Waals surface area contributed by atoms with Gasteiger partial charge in [-0.1, -0.05) is 23.7 Å². The lowest BCUT2D eigenvalue weighted by Gasteiger charge is -2.31. The standard InChI is InChI=1S/C16H16ClNO2/c17-13-5-7-14(8-6-13)19-11-9-18-10-12-20-16-4-2-1-3-15(16)18/h1-8H,9-12H2. The number of halogens is 1. The maximum absolute atomic E-state index is 5.85. The molecule has 4 heteroatoms. The Kier molecular flexibility index (Phi) is 3.97. The molecule has 0 atom stereocenters. The number of hydrogen-bond donors (Lipinski definition) is 0. The number of para-hydroxylation sites is 2. The highest BCUT2D eigenvalue weighted by atomic mass is 35.5. The predicted octanol–water partition coefficient (Wildman–Crippen LogP) is 3.62. The van der Waals surface area contributed by atoms with Crippen molar-refractivity contribution < 1.29 is 9.47 Å². The van der Waals surface area contributed by atoms with Gasteiger partial charge in [-0.2, -0.15) is 0 Å². The highest BCUT2D eigenvalue weighted by molar-refractivity contribution is 6.30. The maximum atomic E-state index is 5.85. The van der Waals surface area contributed by atoms with Crippen molar-refractivity contribution in [1.82, 2.24) is 0 Å². The van der Waals surface area contributed by atoms with E-state index in [1.54, 1.807) is 0 Å². The van der Waals surface area contributed by atoms with Gasteiger partial charge in [-0.3, -0.25) is 0 Å². The lowest BCUT2D eigenvalue weighted by Crippen LogP contribution is -2.35. The van der Waals surface area contributed by atoms with E-state index in [0.717, 1.165) is 41.9 Å². The monoisotopic (exact) mass is 289 g/mol. The SMILES string of the molecule is Clc1ccc(OCCN2CCOc3ccccc32)cc1. The largest absolute Gasteiger partial charge is 0.492 e. The molecular weight excluding hydrogens is 274 g/mol. The minimum atomic E-state index is 0.635. The molecular formula is C16H16ClNO2. The molecule has 3 rings (SSSR count). The van der Waals surface area contributed by atoms with Crippen LogP contribution in [0.3, 0.4) is 0 Å². The number of benzene rings is 2. The summed E-state index contributed by atoms with van der Waals surface area (Å²) in [5.41, 5.74) is 1.14. The molecule has 0 fully saturated rings. The number of fused-ring (bicyclic) bond motifs is 1. The minimum Gasteiger partial charge on any atom is -0.492 e. The third-order valence-electron chi connectivity index (χ3n) is 3.27. The third-order valence-corrected chi connectivity index (χ3v) is 3.52. The van der Waals surface area contributed by atoms with Crippen LogP contribution in [0.5, 0.6) is 11.5 Å². The van der Waals surface area contributed by atoms with Crippen molar-refractivity contribution in [3.05, 3.63) is 53.6 Å². The van der Waals surface area contributed by atoms with Crippen molar-refractivity contribution >= 4 is 17.3 Å². The molecule has 0 amide bonds. The van der Waals surface area contributed by atoms with Crippen molar-refractivity contribution in [2.24, 2.45) is 0 Å². The molecule has 0 aliphatic carbocycles. The van der Waals surface area contributed by atoms with E-state index in [1.807, 2.05) is 42.5 Å². The van der Waals surface area contributed by atoms with Crippen molar-refractivity contribution in [1.29, 1.82) is 0 Å². The first-order valence-electron chi connectivity index (χ1n) is 6.68. The summed E-state index contributed by atoms with van der Waals surface area (Å²) >= 11 is 5.85. The van der Waals surface area contributed by atoms with Crippen molar-refractivity contribution in [3.8, 4) is 11.5 Å². The first kappa shape index (κ1) is 13.1. The Bertz CT molecular complexity index is 571. The molecule has 0 bridgehead atoms. The van der Waals surface area contributed by atoms with Crippen LogP contribution in [0.4, 0.5) is 5.69 Å². The van der Waals surface area contributed by atoms with Crippen LogP contribution in [0.15, 0.2) is 48.5 Å². The molecule has 3 nitrogen and oxygen atoms in total. The zero-order valence-electron chi connectivity index (χ0n) is 11.1. The van der Waals surface area contributed by atoms with Gasteiger partial charge in [0.25, 0.3) is 0 Å². The van der Waals surface area contributed by atoms with Crippen LogP contribution in [0.2, 0.25) is 5.02 Å². The topological polar surface area (TPSA) is 21.7 Å². The molecule has 1 aliphatic rings. The quantitative estimate of drug-likeness (QED) is 0.858. The van der Waals surface area contributed by atoms with Gasteiger partial charge in [0, 0.05) is 5.02 Å². The zero-order chi connectivity index (χ0) is 13.8. The Morgan fingerprint density at radius 1 is 1.10 bits per heavy atom. The molecule has 20 heavy (non-hydrogen) atoms. The summed E-state index contributed by atoms with van der Waals surface area (Å²) < 4.78 is 11.4. The number of hydrogen-bond acceptors (Lipinski definition) is 3. The number of anilines is 1. The fourth-order valence-corrected chi connectivity index (χ4v) is 2.39. The average Bonchev–Trinajstić information content (AvgIpc) is 2.49. The molecule has 2 aromatic rings. The fourth-order valence-electron chi connectivity index (χ4n) is 2.26. The predicted molar refractivity (Wildman–Crippen MR) is 81.1 cm³/mol. The zero-order valence-corrected chi connectivity index (χ0v) is 11.8. The number of ether oxygens (including phenoxy) is 2. The molecule has 2 aromatic carbocycles. The van der Waals surface area contributed by atoms with E-state index >= 15 is 0 Å². The Morgan fingerprint density at radius 2 is 1.90 bits per heavy atom. The van der Waals surface area contributed by atoms with Gasteiger partial charge in [0.1, 0.15) is 24.7 Å². The van der Waals surface area contributed by atoms with Crippen LogP contribution in [0, 0.1) is 0 Å². The second-order valence-electron chi connectivity index (χ2n) is 4.61. The first-order chi connectivity index (χ1) is 9.83. The molecule has 0 saturated heterocycles. The molecule has 1 heterocycles. The Morgan fingerprint density at radius 3 is 2.75 bits per heavy atom. The summed E-state index contributed by atoms with van der Waals surface area (Å²) in [5, 5.41) is 0.722. The summed E-state index contributed by atoms with van der Waals surface area (Å²) in [7, 11) is 0. The van der Waals surface area contributed by atoms with Gasteiger partial charge < -0.3 is 14.4 Å². The van der Waals surface area contributed by atoms with Crippen LogP contribution >= 0.6 is 11.6 Å². The van der Waals surface area contributed by atoms with Crippen LogP contribution < -0.4 is 14.4 Å². The van der Waals surface area contributed by atoms with Crippen molar-refractivity contribution in [2.75, 3.05) is 31.2 Å². The molecule has 0 radical (unpaired) electrons. The van der Waals surface area contributed by atoms with E-state index in [1.165, 1.54) is 0 Å². The summed E-state index contributed by atoms with van der Waals surface area (Å²) in [5.74, 6) is 1.79. The minimum absolute atomic E-state index is 0.635. The molecule has 0 spiro atoms. The van der Waals surface area contributed by atoms with Gasteiger partial charge in [-0.15, -0.1) is 0 Å². The van der Waals surface area contributed by atoms with E-state index in [9.17, 15) is 0 Å². The molecule has 0 saturated carbocycles. The van der Waals surface area contributed by atoms with Gasteiger partial charge >= 0.3 is 0 Å². The molecule has 0 aromatic heterocycles. The second-order valence-corrected chi connectivity index (χ2v) is 5.04. The summed E-state index contributed by atoms with van der Waals surface area (Å²) in [6, 6.07) is 15.5. The van der Waals surface area contributed by atoms with Crippen LogP contribution in [0.25, 0.3) is 0 Å². The van der Waals surface area contributed by atoms with Crippen LogP contribution in [-0.4, -0.2) is 26.3 Å². The Hall–Kier alpha value is -1.87. The molecule has 0 N–H and O–H groups in total. The lowest BCUT2D eigenvalue weighted by molar-refractivity contribution is 0.288. The third kappa shape index (κ3) is 2.99. The highest BCUT2D eigenvalue weighted by Crippen LogP contribution is 2.30. The molecule has 104 valence electrons. The van der Waals surface area contributed by atoms with Crippen LogP contribution in [0.1, 0.15) is 0 Å². The van der Waals surface area contributed by atoms with E-state index in [2.05, 4.69) is 11.0 Å². The van der Waals surface area contributed by atoms with E-state index in [4.69, 9.17) is 21.1 Å². The van der Waals surface area contributed by atoms with Crippen molar-refractivity contribution in [3.63, 3.8) is 0 Å². The fraction of sp³-hybridized carbons (Fsp3) is 0.250. The Balaban J connectivity index is 1.58. The van der Waals surface area contributed by atoms with E-state index in [0.29, 0.717) is 6.61 Å². The molecule has 1 aliphatic heterocycles.